The molecule has 0 fully saturated rings. The molecule has 0 aliphatic carbocycles. The van der Waals surface area contributed by atoms with E-state index in [1.807, 2.05) is 19.2 Å². The Hall–Kier alpha value is -2.08. The third kappa shape index (κ3) is 2.85. The summed E-state index contributed by atoms with van der Waals surface area (Å²) >= 11 is 1.53. The highest BCUT2D eigenvalue weighted by molar-refractivity contribution is 7.09. The summed E-state index contributed by atoms with van der Waals surface area (Å²) in [7, 11) is 0. The number of hydrogen-bond donors (Lipinski definition) is 3. The molecule has 1 aromatic carbocycles. The quantitative estimate of drug-likeness (QED) is 0.748. The fraction of sp³-hybridized carbons (Fsp3) is 0.231. The molecule has 0 unspecified atom stereocenters. The smallest absolute Gasteiger partial charge is 0.335 e. The van der Waals surface area contributed by atoms with Crippen LogP contribution in [-0.4, -0.2) is 16.1 Å². The van der Waals surface area contributed by atoms with Gasteiger partial charge in [-0.1, -0.05) is 0 Å². The highest BCUT2D eigenvalue weighted by Gasteiger charge is 2.24. The number of hydrogen-bond acceptors (Lipinski definition) is 5. The van der Waals surface area contributed by atoms with Crippen molar-refractivity contribution in [3.05, 3.63) is 40.3 Å². The first-order valence-corrected chi connectivity index (χ1v) is 6.59. The van der Waals surface area contributed by atoms with E-state index < -0.39 is 11.5 Å². The summed E-state index contributed by atoms with van der Waals surface area (Å²) in [6.07, 6.45) is 1.74. The highest BCUT2D eigenvalue weighted by Crippen LogP contribution is 2.30. The zero-order valence-electron chi connectivity index (χ0n) is 10.7. The number of carboxylic acids is 1. The van der Waals surface area contributed by atoms with Crippen molar-refractivity contribution in [3.63, 3.8) is 0 Å². The molecule has 0 atom stereocenters. The van der Waals surface area contributed by atoms with Gasteiger partial charge in [0, 0.05) is 11.6 Å². The Morgan fingerprint density at radius 2 is 2.21 bits per heavy atom. The van der Waals surface area contributed by atoms with Gasteiger partial charge in [0.1, 0.15) is 5.01 Å². The molecule has 0 spiro atoms. The van der Waals surface area contributed by atoms with Crippen LogP contribution in [0.4, 0.5) is 11.4 Å². The van der Waals surface area contributed by atoms with Crippen molar-refractivity contribution < 1.29 is 9.90 Å². The summed E-state index contributed by atoms with van der Waals surface area (Å²) in [6.45, 7) is 3.94. The Morgan fingerprint density at radius 1 is 1.47 bits per heavy atom. The maximum absolute atomic E-state index is 11.0. The first kappa shape index (κ1) is 13.4. The number of aromatic carboxylic acids is 1. The number of aromatic nitrogens is 1. The summed E-state index contributed by atoms with van der Waals surface area (Å²) in [5.74, 6) is -0.977. The molecule has 4 N–H and O–H groups in total. The van der Waals surface area contributed by atoms with Crippen LogP contribution in [-0.2, 0) is 5.54 Å². The normalized spacial score (nSPS) is 11.3. The van der Waals surface area contributed by atoms with Crippen molar-refractivity contribution in [2.75, 3.05) is 11.1 Å². The molecule has 2 rings (SSSR count). The van der Waals surface area contributed by atoms with Crippen LogP contribution >= 0.6 is 11.3 Å². The van der Waals surface area contributed by atoms with E-state index in [-0.39, 0.29) is 5.56 Å². The van der Waals surface area contributed by atoms with Crippen molar-refractivity contribution in [2.45, 2.75) is 19.4 Å². The molecule has 0 bridgehead atoms. The van der Waals surface area contributed by atoms with Crippen LogP contribution in [0.25, 0.3) is 0 Å². The lowest BCUT2D eigenvalue weighted by Gasteiger charge is -2.26. The second-order valence-electron chi connectivity index (χ2n) is 4.69. The molecule has 6 heteroatoms. The molecular formula is C13H15N3O2S. The van der Waals surface area contributed by atoms with E-state index in [0.29, 0.717) is 11.4 Å². The molecule has 2 aromatic rings. The minimum atomic E-state index is -0.977. The molecule has 1 aromatic heterocycles. The zero-order chi connectivity index (χ0) is 14.0. The third-order valence-electron chi connectivity index (χ3n) is 2.71. The van der Waals surface area contributed by atoms with Crippen LogP contribution in [0, 0.1) is 0 Å². The van der Waals surface area contributed by atoms with Crippen LogP contribution < -0.4 is 11.1 Å². The molecule has 0 aliphatic rings. The number of thiazole rings is 1. The number of anilines is 2. The molecule has 5 nitrogen and oxygen atoms in total. The maximum Gasteiger partial charge on any atom is 0.335 e. The highest BCUT2D eigenvalue weighted by atomic mass is 32.1. The van der Waals surface area contributed by atoms with Gasteiger partial charge >= 0.3 is 5.97 Å². The molecule has 19 heavy (non-hydrogen) atoms. The SMILES string of the molecule is CC(C)(Nc1cc(C(=O)O)ccc1N)c1nccs1. The Balaban J connectivity index is 2.33. The Kier molecular flexibility index (Phi) is 3.44. The van der Waals surface area contributed by atoms with Crippen LogP contribution in [0.3, 0.4) is 0 Å². The monoisotopic (exact) mass is 277 g/mol. The van der Waals surface area contributed by atoms with Crippen molar-refractivity contribution in [3.8, 4) is 0 Å². The van der Waals surface area contributed by atoms with E-state index in [2.05, 4.69) is 10.3 Å². The van der Waals surface area contributed by atoms with E-state index >= 15 is 0 Å². The number of carbonyl (C=O) groups is 1. The maximum atomic E-state index is 11.0. The summed E-state index contributed by atoms with van der Waals surface area (Å²) in [5, 5.41) is 15.1. The van der Waals surface area contributed by atoms with Gasteiger partial charge in [-0.25, -0.2) is 9.78 Å². The average Bonchev–Trinajstić information content (AvgIpc) is 2.85. The summed E-state index contributed by atoms with van der Waals surface area (Å²) in [6, 6.07) is 4.61. The minimum absolute atomic E-state index is 0.201. The molecule has 0 amide bonds. The molecule has 0 radical (unpaired) electrons. The van der Waals surface area contributed by atoms with Crippen LogP contribution in [0.2, 0.25) is 0 Å². The van der Waals surface area contributed by atoms with Gasteiger partial charge in [-0.2, -0.15) is 0 Å². The molecule has 0 saturated heterocycles. The lowest BCUT2D eigenvalue weighted by Crippen LogP contribution is -2.28. The molecule has 0 aliphatic heterocycles. The topological polar surface area (TPSA) is 88.2 Å². The van der Waals surface area contributed by atoms with Gasteiger partial charge in [-0.05, 0) is 32.0 Å². The van der Waals surface area contributed by atoms with Gasteiger partial charge in [0.25, 0.3) is 0 Å². The van der Waals surface area contributed by atoms with E-state index in [9.17, 15) is 4.79 Å². The summed E-state index contributed by atoms with van der Waals surface area (Å²) < 4.78 is 0. The Labute approximate surface area is 115 Å². The number of nitrogens with zero attached hydrogens (tertiary/aromatic N) is 1. The largest absolute Gasteiger partial charge is 0.478 e. The van der Waals surface area contributed by atoms with Gasteiger partial charge in [0.05, 0.1) is 22.5 Å². The van der Waals surface area contributed by atoms with Crippen molar-refractivity contribution in [2.24, 2.45) is 0 Å². The van der Waals surface area contributed by atoms with Crippen molar-refractivity contribution in [1.82, 2.24) is 4.98 Å². The van der Waals surface area contributed by atoms with Crippen molar-refractivity contribution >= 4 is 28.7 Å². The number of carboxylic acid groups (broad SMARTS) is 1. The average molecular weight is 277 g/mol. The molecule has 1 heterocycles. The second-order valence-corrected chi connectivity index (χ2v) is 5.59. The Bertz CT molecular complexity index is 594. The molecule has 0 saturated carbocycles. The van der Waals surface area contributed by atoms with Crippen molar-refractivity contribution in [1.29, 1.82) is 0 Å². The molecule has 100 valence electrons. The van der Waals surface area contributed by atoms with Gasteiger partial charge in [0.2, 0.25) is 0 Å². The van der Waals surface area contributed by atoms with Crippen LogP contribution in [0.15, 0.2) is 29.8 Å². The van der Waals surface area contributed by atoms with E-state index in [1.165, 1.54) is 23.5 Å². The number of nitrogens with one attached hydrogen (secondary N) is 1. The predicted molar refractivity (Wildman–Crippen MR) is 76.6 cm³/mol. The first-order chi connectivity index (χ1) is 8.90. The van der Waals surface area contributed by atoms with Crippen LogP contribution in [0.1, 0.15) is 29.2 Å². The summed E-state index contributed by atoms with van der Waals surface area (Å²) in [5.41, 5.74) is 6.77. The van der Waals surface area contributed by atoms with E-state index in [4.69, 9.17) is 10.8 Å². The van der Waals surface area contributed by atoms with Gasteiger partial charge in [-0.3, -0.25) is 0 Å². The standard InChI is InChI=1S/C13H15N3O2S/c1-13(2,12-15-5-6-19-12)16-10-7-8(11(17)18)3-4-9(10)14/h3-7,16H,14H2,1-2H3,(H,17,18). The number of rotatable bonds is 4. The number of benzene rings is 1. The van der Waals surface area contributed by atoms with Gasteiger partial charge in [-0.15, -0.1) is 11.3 Å². The lowest BCUT2D eigenvalue weighted by molar-refractivity contribution is 0.0697. The second kappa shape index (κ2) is 4.89. The van der Waals surface area contributed by atoms with E-state index in [0.717, 1.165) is 5.01 Å². The minimum Gasteiger partial charge on any atom is -0.478 e. The predicted octanol–water partition coefficient (Wildman–Crippen LogP) is 2.77. The van der Waals surface area contributed by atoms with Gasteiger partial charge < -0.3 is 16.2 Å². The van der Waals surface area contributed by atoms with E-state index in [1.54, 1.807) is 12.3 Å². The fourth-order valence-corrected chi connectivity index (χ4v) is 2.44. The third-order valence-corrected chi connectivity index (χ3v) is 3.81. The Morgan fingerprint density at radius 3 is 2.79 bits per heavy atom. The van der Waals surface area contributed by atoms with Crippen LogP contribution in [0.5, 0.6) is 0 Å². The lowest BCUT2D eigenvalue weighted by atomic mass is 10.0. The summed E-state index contributed by atoms with van der Waals surface area (Å²) in [4.78, 5) is 15.3. The van der Waals surface area contributed by atoms with Gasteiger partial charge in [0.15, 0.2) is 0 Å². The first-order valence-electron chi connectivity index (χ1n) is 5.71. The number of nitrogen functional groups attached to an aromatic ring is 1. The fourth-order valence-electron chi connectivity index (χ4n) is 1.72. The number of nitrogens with two attached hydrogens (primary N) is 1. The molecular weight excluding hydrogens is 262 g/mol. The zero-order valence-corrected chi connectivity index (χ0v) is 11.5.